The Hall–Kier alpha value is -0.0800. The third-order valence-electron chi connectivity index (χ3n) is 3.56. The van der Waals surface area contributed by atoms with E-state index < -0.39 is 0 Å². The summed E-state index contributed by atoms with van der Waals surface area (Å²) in [6, 6.07) is 0.880. The van der Waals surface area contributed by atoms with Crippen LogP contribution in [0.5, 0.6) is 0 Å². The normalized spacial score (nSPS) is 20.6. The first-order chi connectivity index (χ1) is 6.77. The third kappa shape index (κ3) is 3.58. The molecule has 1 fully saturated rings. The fourth-order valence-electron chi connectivity index (χ4n) is 2.37. The molecular weight excluding hydrogens is 172 g/mol. The first-order valence-corrected chi connectivity index (χ1v) is 6.22. The largest absolute Gasteiger partial charge is 0.330 e. The highest BCUT2D eigenvalue weighted by atomic mass is 15.1. The van der Waals surface area contributed by atoms with E-state index >= 15 is 0 Å². The van der Waals surface area contributed by atoms with E-state index in [1.165, 1.54) is 45.2 Å². The zero-order valence-electron chi connectivity index (χ0n) is 9.84. The highest BCUT2D eigenvalue weighted by Crippen LogP contribution is 2.23. The molecule has 0 radical (unpaired) electrons. The quantitative estimate of drug-likeness (QED) is 0.709. The minimum atomic E-state index is 0.686. The number of nitrogens with two attached hydrogens (primary N) is 1. The molecular formula is C12H26N2. The Labute approximate surface area is 88.8 Å². The molecule has 0 aromatic rings. The molecule has 0 aliphatic heterocycles. The Morgan fingerprint density at radius 2 is 2.00 bits per heavy atom. The van der Waals surface area contributed by atoms with Crippen LogP contribution in [0.2, 0.25) is 0 Å². The first kappa shape index (κ1) is 12.0. The van der Waals surface area contributed by atoms with Crippen molar-refractivity contribution in [3.05, 3.63) is 0 Å². The summed E-state index contributed by atoms with van der Waals surface area (Å²) in [4.78, 5) is 2.65. The average Bonchev–Trinajstić information content (AvgIpc) is 2.72. The molecule has 14 heavy (non-hydrogen) atoms. The molecule has 1 saturated carbocycles. The highest BCUT2D eigenvalue weighted by molar-refractivity contribution is 4.77. The third-order valence-corrected chi connectivity index (χ3v) is 3.56. The van der Waals surface area contributed by atoms with Gasteiger partial charge in [-0.3, -0.25) is 0 Å². The van der Waals surface area contributed by atoms with Crippen LogP contribution in [0.25, 0.3) is 0 Å². The minimum absolute atomic E-state index is 0.686. The summed E-state index contributed by atoms with van der Waals surface area (Å²) in [6.07, 6.45) is 6.98. The van der Waals surface area contributed by atoms with Crippen molar-refractivity contribution in [3.63, 3.8) is 0 Å². The summed E-state index contributed by atoms with van der Waals surface area (Å²) < 4.78 is 0. The lowest BCUT2D eigenvalue weighted by Gasteiger charge is -2.28. The maximum atomic E-state index is 5.63. The van der Waals surface area contributed by atoms with Crippen LogP contribution in [0.15, 0.2) is 0 Å². The summed E-state index contributed by atoms with van der Waals surface area (Å²) in [6.45, 7) is 7.83. The summed E-state index contributed by atoms with van der Waals surface area (Å²) in [7, 11) is 0. The van der Waals surface area contributed by atoms with Gasteiger partial charge in [0.25, 0.3) is 0 Å². The molecule has 1 aliphatic rings. The van der Waals surface area contributed by atoms with Crippen LogP contribution in [-0.4, -0.2) is 30.6 Å². The van der Waals surface area contributed by atoms with Crippen molar-refractivity contribution < 1.29 is 0 Å². The maximum absolute atomic E-state index is 5.63. The molecule has 2 N–H and O–H groups in total. The molecule has 0 saturated heterocycles. The average molecular weight is 198 g/mol. The molecule has 0 aromatic heterocycles. The van der Waals surface area contributed by atoms with Gasteiger partial charge in [0, 0.05) is 6.04 Å². The summed E-state index contributed by atoms with van der Waals surface area (Å²) >= 11 is 0. The van der Waals surface area contributed by atoms with Crippen molar-refractivity contribution in [2.75, 3.05) is 19.6 Å². The highest BCUT2D eigenvalue weighted by Gasteiger charge is 2.20. The number of nitrogens with zero attached hydrogens (tertiary/aromatic N) is 1. The summed E-state index contributed by atoms with van der Waals surface area (Å²) in [5.74, 6) is 0.686. The van der Waals surface area contributed by atoms with Crippen molar-refractivity contribution >= 4 is 0 Å². The zero-order valence-corrected chi connectivity index (χ0v) is 9.84. The van der Waals surface area contributed by atoms with Crippen molar-refractivity contribution in [2.45, 2.75) is 52.0 Å². The standard InChI is InChI=1S/C12H26N2/c1-3-14(9-8-11(2)10-13)12-6-4-5-7-12/h11-12H,3-10,13H2,1-2H3. The van der Waals surface area contributed by atoms with Crippen molar-refractivity contribution in [2.24, 2.45) is 11.7 Å². The number of hydrogen-bond acceptors (Lipinski definition) is 2. The van der Waals surface area contributed by atoms with Gasteiger partial charge in [-0.05, 0) is 44.8 Å². The van der Waals surface area contributed by atoms with Crippen molar-refractivity contribution in [3.8, 4) is 0 Å². The Bertz CT molecular complexity index is 141. The molecule has 2 nitrogen and oxygen atoms in total. The molecule has 84 valence electrons. The van der Waals surface area contributed by atoms with Gasteiger partial charge >= 0.3 is 0 Å². The van der Waals surface area contributed by atoms with E-state index in [1.54, 1.807) is 0 Å². The van der Waals surface area contributed by atoms with Crippen molar-refractivity contribution in [1.82, 2.24) is 4.90 Å². The molecule has 0 amide bonds. The van der Waals surface area contributed by atoms with Gasteiger partial charge in [0.15, 0.2) is 0 Å². The van der Waals surface area contributed by atoms with Crippen molar-refractivity contribution in [1.29, 1.82) is 0 Å². The molecule has 0 aromatic carbocycles. The Morgan fingerprint density at radius 1 is 1.36 bits per heavy atom. The van der Waals surface area contributed by atoms with E-state index in [9.17, 15) is 0 Å². The van der Waals surface area contributed by atoms with Gasteiger partial charge in [0.2, 0.25) is 0 Å². The molecule has 2 heteroatoms. The number of rotatable bonds is 6. The predicted molar refractivity (Wildman–Crippen MR) is 62.3 cm³/mol. The van der Waals surface area contributed by atoms with Gasteiger partial charge in [0.05, 0.1) is 0 Å². The van der Waals surface area contributed by atoms with E-state index in [-0.39, 0.29) is 0 Å². The second-order valence-corrected chi connectivity index (χ2v) is 4.70. The van der Waals surface area contributed by atoms with Crippen LogP contribution < -0.4 is 5.73 Å². The van der Waals surface area contributed by atoms with Crippen LogP contribution in [0.3, 0.4) is 0 Å². The smallest absolute Gasteiger partial charge is 0.00951 e. The molecule has 1 rings (SSSR count). The van der Waals surface area contributed by atoms with E-state index in [2.05, 4.69) is 18.7 Å². The van der Waals surface area contributed by atoms with Gasteiger partial charge < -0.3 is 10.6 Å². The minimum Gasteiger partial charge on any atom is -0.330 e. The summed E-state index contributed by atoms with van der Waals surface area (Å²) in [5.41, 5.74) is 5.63. The zero-order chi connectivity index (χ0) is 10.4. The van der Waals surface area contributed by atoms with Crippen LogP contribution in [0.1, 0.15) is 46.0 Å². The Morgan fingerprint density at radius 3 is 2.50 bits per heavy atom. The van der Waals surface area contributed by atoms with Gasteiger partial charge in [-0.15, -0.1) is 0 Å². The molecule has 1 atom stereocenters. The monoisotopic (exact) mass is 198 g/mol. The van der Waals surface area contributed by atoms with Crippen LogP contribution in [0.4, 0.5) is 0 Å². The predicted octanol–water partition coefficient (Wildman–Crippen LogP) is 2.24. The molecule has 1 unspecified atom stereocenters. The molecule has 1 aliphatic carbocycles. The van der Waals surface area contributed by atoms with Gasteiger partial charge in [-0.1, -0.05) is 26.7 Å². The van der Waals surface area contributed by atoms with Gasteiger partial charge in [-0.2, -0.15) is 0 Å². The number of hydrogen-bond donors (Lipinski definition) is 1. The van der Waals surface area contributed by atoms with Crippen LogP contribution in [0, 0.1) is 5.92 Å². The Kier molecular flexibility index (Phi) is 5.49. The first-order valence-electron chi connectivity index (χ1n) is 6.22. The second-order valence-electron chi connectivity index (χ2n) is 4.70. The molecule has 0 heterocycles. The lowest BCUT2D eigenvalue weighted by molar-refractivity contribution is 0.197. The maximum Gasteiger partial charge on any atom is 0.00951 e. The molecule has 0 bridgehead atoms. The Balaban J connectivity index is 2.23. The molecule has 0 spiro atoms. The lowest BCUT2D eigenvalue weighted by Crippen LogP contribution is -2.35. The van der Waals surface area contributed by atoms with E-state index in [0.717, 1.165) is 12.6 Å². The lowest BCUT2D eigenvalue weighted by atomic mass is 10.1. The van der Waals surface area contributed by atoms with Gasteiger partial charge in [-0.25, -0.2) is 0 Å². The topological polar surface area (TPSA) is 29.3 Å². The second kappa shape index (κ2) is 6.41. The van der Waals surface area contributed by atoms with E-state index in [0.29, 0.717) is 5.92 Å². The van der Waals surface area contributed by atoms with Crippen LogP contribution in [-0.2, 0) is 0 Å². The summed E-state index contributed by atoms with van der Waals surface area (Å²) in [5, 5.41) is 0. The van der Waals surface area contributed by atoms with E-state index in [1.807, 2.05) is 0 Å². The van der Waals surface area contributed by atoms with E-state index in [4.69, 9.17) is 5.73 Å². The van der Waals surface area contributed by atoms with Gasteiger partial charge in [0.1, 0.15) is 0 Å². The fourth-order valence-corrected chi connectivity index (χ4v) is 2.37. The fraction of sp³-hybridized carbons (Fsp3) is 1.00. The SMILES string of the molecule is CCN(CCC(C)CN)C1CCCC1. The van der Waals surface area contributed by atoms with Crippen LogP contribution >= 0.6 is 0 Å².